The average molecular weight is 307 g/mol. The Morgan fingerprint density at radius 3 is 2.55 bits per heavy atom. The van der Waals surface area contributed by atoms with Crippen LogP contribution in [0.3, 0.4) is 0 Å². The zero-order chi connectivity index (χ0) is 14.5. The lowest BCUT2D eigenvalue weighted by Crippen LogP contribution is -2.19. The second-order valence-corrected chi connectivity index (χ2v) is 4.97. The van der Waals surface area contributed by atoms with Gasteiger partial charge >= 0.3 is 0 Å². The van der Waals surface area contributed by atoms with Crippen LogP contribution in [-0.4, -0.2) is 11.6 Å². The third kappa shape index (κ3) is 3.59. The zero-order valence-electron chi connectivity index (χ0n) is 10.7. The molecule has 0 aliphatic heterocycles. The van der Waals surface area contributed by atoms with Crippen molar-refractivity contribution in [3.05, 3.63) is 69.7 Å². The molecular formula is C15H12Cl2N2O. The number of nitrogens with one attached hydrogen (secondary N) is 1. The second-order valence-electron chi connectivity index (χ2n) is 4.13. The van der Waals surface area contributed by atoms with Crippen molar-refractivity contribution in [2.24, 2.45) is 5.10 Å². The molecule has 2 aromatic rings. The third-order valence-corrected chi connectivity index (χ3v) is 3.24. The lowest BCUT2D eigenvalue weighted by molar-refractivity contribution is 0.0955. The van der Waals surface area contributed by atoms with Crippen molar-refractivity contribution >= 4 is 34.8 Å². The molecule has 1 N–H and O–H groups in total. The third-order valence-electron chi connectivity index (χ3n) is 2.68. The van der Waals surface area contributed by atoms with E-state index in [1.807, 2.05) is 18.2 Å². The highest BCUT2D eigenvalue weighted by Gasteiger charge is 2.06. The summed E-state index contributed by atoms with van der Waals surface area (Å²) in [6, 6.07) is 14.0. The van der Waals surface area contributed by atoms with Gasteiger partial charge in [0.1, 0.15) is 0 Å². The summed E-state index contributed by atoms with van der Waals surface area (Å²) in [7, 11) is 0. The van der Waals surface area contributed by atoms with Gasteiger partial charge in [0, 0.05) is 21.2 Å². The van der Waals surface area contributed by atoms with E-state index >= 15 is 0 Å². The number of hydrogen-bond acceptors (Lipinski definition) is 2. The minimum atomic E-state index is -0.320. The van der Waals surface area contributed by atoms with Crippen LogP contribution in [-0.2, 0) is 0 Å². The number of hydrazone groups is 1. The summed E-state index contributed by atoms with van der Waals surface area (Å²) in [5.74, 6) is -0.320. The highest BCUT2D eigenvalue weighted by atomic mass is 35.5. The van der Waals surface area contributed by atoms with Crippen LogP contribution in [0.5, 0.6) is 0 Å². The van der Waals surface area contributed by atoms with Crippen LogP contribution in [0, 0.1) is 0 Å². The molecule has 2 aromatic carbocycles. The summed E-state index contributed by atoms with van der Waals surface area (Å²) in [6.45, 7) is 1.78. The van der Waals surface area contributed by atoms with Gasteiger partial charge in [-0.2, -0.15) is 5.10 Å². The molecule has 1 amide bonds. The Balaban J connectivity index is 2.13. The van der Waals surface area contributed by atoms with Gasteiger partial charge in [0.15, 0.2) is 0 Å². The van der Waals surface area contributed by atoms with Crippen LogP contribution in [0.4, 0.5) is 0 Å². The lowest BCUT2D eigenvalue weighted by Gasteiger charge is -2.05. The minimum Gasteiger partial charge on any atom is -0.267 e. The molecule has 0 saturated carbocycles. The normalized spacial score (nSPS) is 11.2. The number of rotatable bonds is 3. The summed E-state index contributed by atoms with van der Waals surface area (Å²) in [5, 5.41) is 5.14. The van der Waals surface area contributed by atoms with Crippen molar-refractivity contribution in [1.82, 2.24) is 5.43 Å². The number of nitrogens with zero attached hydrogens (tertiary/aromatic N) is 1. The lowest BCUT2D eigenvalue weighted by atomic mass is 10.1. The molecule has 0 atom stereocenters. The number of hydrogen-bond donors (Lipinski definition) is 1. The number of halogens is 2. The van der Waals surface area contributed by atoms with Crippen LogP contribution in [0.25, 0.3) is 0 Å². The summed E-state index contributed by atoms with van der Waals surface area (Å²) in [5.41, 5.74) is 4.34. The first kappa shape index (κ1) is 14.6. The first-order valence-corrected chi connectivity index (χ1v) is 6.68. The Kier molecular flexibility index (Phi) is 4.77. The van der Waals surface area contributed by atoms with E-state index in [0.717, 1.165) is 5.56 Å². The molecule has 0 unspecified atom stereocenters. The maximum Gasteiger partial charge on any atom is 0.271 e. The molecule has 0 aromatic heterocycles. The van der Waals surface area contributed by atoms with Crippen molar-refractivity contribution in [3.63, 3.8) is 0 Å². The van der Waals surface area contributed by atoms with Crippen molar-refractivity contribution in [1.29, 1.82) is 0 Å². The molecule has 5 heteroatoms. The van der Waals surface area contributed by atoms with Gasteiger partial charge in [-0.15, -0.1) is 0 Å². The number of amides is 1. The number of carbonyl (C=O) groups is 1. The van der Waals surface area contributed by atoms with Crippen molar-refractivity contribution in [2.75, 3.05) is 0 Å². The van der Waals surface area contributed by atoms with Crippen LogP contribution < -0.4 is 5.43 Å². The highest BCUT2D eigenvalue weighted by Crippen LogP contribution is 2.15. The Hall–Kier alpha value is -1.84. The predicted molar refractivity (Wildman–Crippen MR) is 82.6 cm³/mol. The first-order chi connectivity index (χ1) is 9.58. The van der Waals surface area contributed by atoms with Gasteiger partial charge < -0.3 is 0 Å². The Bertz CT molecular complexity index is 668. The summed E-state index contributed by atoms with van der Waals surface area (Å²) in [4.78, 5) is 11.9. The molecule has 0 spiro atoms. The van der Waals surface area contributed by atoms with E-state index in [1.54, 1.807) is 37.3 Å². The van der Waals surface area contributed by atoms with E-state index < -0.39 is 0 Å². The highest BCUT2D eigenvalue weighted by molar-refractivity contribution is 6.34. The quantitative estimate of drug-likeness (QED) is 0.672. The first-order valence-electron chi connectivity index (χ1n) is 5.93. The topological polar surface area (TPSA) is 41.5 Å². The van der Waals surface area contributed by atoms with Gasteiger partial charge in [0.2, 0.25) is 0 Å². The maximum absolute atomic E-state index is 11.9. The summed E-state index contributed by atoms with van der Waals surface area (Å²) >= 11 is 11.9. The fourth-order valence-corrected chi connectivity index (χ4v) is 2.11. The molecule has 0 aliphatic carbocycles. The second kappa shape index (κ2) is 6.55. The Labute approximate surface area is 127 Å². The average Bonchev–Trinajstić information content (AvgIpc) is 2.45. The number of carbonyl (C=O) groups excluding carboxylic acids is 1. The van der Waals surface area contributed by atoms with Crippen LogP contribution >= 0.6 is 23.2 Å². The molecule has 102 valence electrons. The molecule has 0 aliphatic rings. The Morgan fingerprint density at radius 2 is 1.85 bits per heavy atom. The molecule has 2 rings (SSSR count). The van der Waals surface area contributed by atoms with Gasteiger partial charge in [-0.25, -0.2) is 5.43 Å². The molecule has 0 radical (unpaired) electrons. The molecular weight excluding hydrogens is 295 g/mol. The van der Waals surface area contributed by atoms with Gasteiger partial charge in [0.25, 0.3) is 5.91 Å². The monoisotopic (exact) mass is 306 g/mol. The molecule has 0 bridgehead atoms. The van der Waals surface area contributed by atoms with E-state index in [2.05, 4.69) is 10.5 Å². The van der Waals surface area contributed by atoms with Crippen molar-refractivity contribution < 1.29 is 4.79 Å². The van der Waals surface area contributed by atoms with E-state index in [9.17, 15) is 4.79 Å². The zero-order valence-corrected chi connectivity index (χ0v) is 12.2. The SMILES string of the molecule is C/C(=N/NC(=O)c1cccc(Cl)c1)c1ccccc1Cl. The van der Waals surface area contributed by atoms with Gasteiger partial charge in [-0.05, 0) is 31.2 Å². The molecule has 0 fully saturated rings. The minimum absolute atomic E-state index is 0.320. The van der Waals surface area contributed by atoms with E-state index in [4.69, 9.17) is 23.2 Å². The Morgan fingerprint density at radius 1 is 1.10 bits per heavy atom. The van der Waals surface area contributed by atoms with Gasteiger partial charge in [0.05, 0.1) is 5.71 Å². The molecule has 3 nitrogen and oxygen atoms in total. The van der Waals surface area contributed by atoms with E-state index in [1.165, 1.54) is 0 Å². The van der Waals surface area contributed by atoms with Gasteiger partial charge in [-0.3, -0.25) is 4.79 Å². The maximum atomic E-state index is 11.9. The van der Waals surface area contributed by atoms with Crippen LogP contribution in [0.15, 0.2) is 53.6 Å². The van der Waals surface area contributed by atoms with Crippen molar-refractivity contribution in [2.45, 2.75) is 6.92 Å². The fourth-order valence-electron chi connectivity index (χ4n) is 1.64. The molecule has 20 heavy (non-hydrogen) atoms. The largest absolute Gasteiger partial charge is 0.271 e. The van der Waals surface area contributed by atoms with E-state index in [0.29, 0.717) is 21.3 Å². The van der Waals surface area contributed by atoms with Crippen molar-refractivity contribution in [3.8, 4) is 0 Å². The number of benzene rings is 2. The van der Waals surface area contributed by atoms with E-state index in [-0.39, 0.29) is 5.91 Å². The smallest absolute Gasteiger partial charge is 0.267 e. The molecule has 0 saturated heterocycles. The predicted octanol–water partition coefficient (Wildman–Crippen LogP) is 4.15. The van der Waals surface area contributed by atoms with Crippen LogP contribution in [0.2, 0.25) is 10.0 Å². The fraction of sp³-hybridized carbons (Fsp3) is 0.0667. The summed E-state index contributed by atoms with van der Waals surface area (Å²) in [6.07, 6.45) is 0. The standard InChI is InChI=1S/C15H12Cl2N2O/c1-10(13-7-2-3-8-14(13)17)18-19-15(20)11-5-4-6-12(16)9-11/h2-9H,1H3,(H,19,20)/b18-10-. The van der Waals surface area contributed by atoms with Gasteiger partial charge in [-0.1, -0.05) is 47.5 Å². The van der Waals surface area contributed by atoms with Crippen LogP contribution in [0.1, 0.15) is 22.8 Å². The molecule has 0 heterocycles. The summed E-state index contributed by atoms with van der Waals surface area (Å²) < 4.78 is 0.